The van der Waals surface area contributed by atoms with Gasteiger partial charge in [-0.25, -0.2) is 4.99 Å². The number of ether oxygens (including phenoxy) is 1. The summed E-state index contributed by atoms with van der Waals surface area (Å²) < 4.78 is 5.18. The number of aryl methyl sites for hydroxylation is 1. The van der Waals surface area contributed by atoms with Crippen molar-refractivity contribution in [2.45, 2.75) is 32.7 Å². The predicted molar refractivity (Wildman–Crippen MR) is 72.5 cm³/mol. The lowest BCUT2D eigenvalue weighted by atomic mass is 9.95. The van der Waals surface area contributed by atoms with Crippen molar-refractivity contribution in [1.29, 1.82) is 0 Å². The Morgan fingerprint density at radius 3 is 2.59 bits per heavy atom. The maximum Gasteiger partial charge on any atom is 0.282 e. The van der Waals surface area contributed by atoms with Crippen molar-refractivity contribution in [3.05, 3.63) is 34.9 Å². The van der Waals surface area contributed by atoms with Gasteiger partial charge in [-0.15, -0.1) is 0 Å². The van der Waals surface area contributed by atoms with E-state index in [1.807, 2.05) is 24.3 Å². The van der Waals surface area contributed by atoms with Crippen LogP contribution in [0.3, 0.4) is 0 Å². The minimum absolute atomic E-state index is 0. The molecule has 17 heavy (non-hydrogen) atoms. The third-order valence-electron chi connectivity index (χ3n) is 2.78. The second-order valence-corrected chi connectivity index (χ2v) is 4.80. The summed E-state index contributed by atoms with van der Waals surface area (Å²) in [6, 6.07) is 8.19. The molecule has 1 aliphatic rings. The molecule has 0 spiro atoms. The molecular formula is C13H19ClN2O. The second kappa shape index (κ2) is 5.41. The largest absolute Gasteiger partial charge is 0.463 e. The van der Waals surface area contributed by atoms with Crippen LogP contribution in [-0.2, 0) is 11.2 Å². The number of nitrogens with zero attached hydrogens (tertiary/aromatic N) is 1. The van der Waals surface area contributed by atoms with Gasteiger partial charge in [0.05, 0.1) is 5.54 Å². The summed E-state index contributed by atoms with van der Waals surface area (Å²) in [5.41, 5.74) is 6.59. The first-order valence-electron chi connectivity index (χ1n) is 5.30. The molecule has 0 saturated carbocycles. The average Bonchev–Trinajstić information content (AvgIpc) is 2.59. The van der Waals surface area contributed by atoms with E-state index in [-0.39, 0.29) is 13.0 Å². The maximum atomic E-state index is 5.83. The van der Waals surface area contributed by atoms with Crippen molar-refractivity contribution in [2.24, 2.45) is 10.7 Å². The lowest BCUT2D eigenvalue weighted by molar-refractivity contribution is 0.255. The second-order valence-electron chi connectivity index (χ2n) is 4.36. The topological polar surface area (TPSA) is 47.6 Å². The van der Waals surface area contributed by atoms with Gasteiger partial charge in [-0.3, -0.25) is 0 Å². The summed E-state index contributed by atoms with van der Waals surface area (Å²) in [5.74, 6) is 0. The first kappa shape index (κ1) is 13.8. The van der Waals surface area contributed by atoms with Crippen LogP contribution < -0.4 is 5.73 Å². The van der Waals surface area contributed by atoms with Crippen molar-refractivity contribution in [3.63, 3.8) is 0 Å². The smallest absolute Gasteiger partial charge is 0.282 e. The molecular weight excluding hydrogens is 236 g/mol. The van der Waals surface area contributed by atoms with E-state index in [0.29, 0.717) is 12.6 Å². The molecule has 0 radical (unpaired) electrons. The number of aliphatic imine (C=N–C) groups is 1. The van der Waals surface area contributed by atoms with Gasteiger partial charge in [0.2, 0.25) is 0 Å². The Morgan fingerprint density at radius 1 is 1.41 bits per heavy atom. The summed E-state index contributed by atoms with van der Waals surface area (Å²) in [4.78, 5) is 4.30. The molecule has 0 fully saturated rings. The number of nitrogens with two attached hydrogens (primary N) is 1. The monoisotopic (exact) mass is 254 g/mol. The molecule has 94 valence electrons. The van der Waals surface area contributed by atoms with Crippen LogP contribution in [0.1, 0.15) is 26.3 Å². The summed E-state index contributed by atoms with van der Waals surface area (Å²) in [7, 11) is 0. The third-order valence-corrected chi connectivity index (χ3v) is 3.03. The SMILES string of the molecule is C.C[C@]1(CCc2ccc(Cl)cc2)COC(N)=N1. The van der Waals surface area contributed by atoms with Gasteiger partial charge in [0.1, 0.15) is 6.61 Å². The Hall–Kier alpha value is -1.22. The highest BCUT2D eigenvalue weighted by atomic mass is 35.5. The molecule has 1 aliphatic heterocycles. The summed E-state index contributed by atoms with van der Waals surface area (Å²) in [6.07, 6.45) is 1.88. The van der Waals surface area contributed by atoms with Crippen LogP contribution in [-0.4, -0.2) is 18.2 Å². The standard InChI is InChI=1S/C12H15ClN2O.CH4/c1-12(8-16-11(14)15-12)7-6-9-2-4-10(13)5-3-9;/h2-5H,6-8H2,1H3,(H2,14,15);1H4/t12-;/m0./s1. The van der Waals surface area contributed by atoms with Gasteiger partial charge in [-0.2, -0.15) is 0 Å². The quantitative estimate of drug-likeness (QED) is 0.901. The van der Waals surface area contributed by atoms with Crippen LogP contribution in [0.15, 0.2) is 29.3 Å². The van der Waals surface area contributed by atoms with Crippen molar-refractivity contribution in [3.8, 4) is 0 Å². The number of halogens is 1. The van der Waals surface area contributed by atoms with E-state index in [9.17, 15) is 0 Å². The van der Waals surface area contributed by atoms with E-state index >= 15 is 0 Å². The molecule has 1 aromatic carbocycles. The van der Waals surface area contributed by atoms with Gasteiger partial charge in [0.15, 0.2) is 0 Å². The Labute approximate surface area is 108 Å². The van der Waals surface area contributed by atoms with Crippen molar-refractivity contribution >= 4 is 17.6 Å². The van der Waals surface area contributed by atoms with Gasteiger partial charge in [0.25, 0.3) is 6.02 Å². The van der Waals surface area contributed by atoms with Crippen LogP contribution in [0.25, 0.3) is 0 Å². The zero-order chi connectivity index (χ0) is 11.6. The number of rotatable bonds is 3. The molecule has 0 aliphatic carbocycles. The Bertz CT molecular complexity index is 402. The van der Waals surface area contributed by atoms with E-state index in [1.165, 1.54) is 5.56 Å². The molecule has 0 aromatic heterocycles. The van der Waals surface area contributed by atoms with Crippen LogP contribution in [0, 0.1) is 0 Å². The maximum absolute atomic E-state index is 5.83. The highest BCUT2D eigenvalue weighted by Gasteiger charge is 2.30. The fourth-order valence-electron chi connectivity index (χ4n) is 1.75. The van der Waals surface area contributed by atoms with E-state index in [0.717, 1.165) is 17.9 Å². The van der Waals surface area contributed by atoms with Crippen molar-refractivity contribution < 1.29 is 4.74 Å². The highest BCUT2D eigenvalue weighted by molar-refractivity contribution is 6.30. The number of amidine groups is 1. The fourth-order valence-corrected chi connectivity index (χ4v) is 1.88. The first-order valence-corrected chi connectivity index (χ1v) is 5.68. The van der Waals surface area contributed by atoms with Crippen LogP contribution >= 0.6 is 11.6 Å². The summed E-state index contributed by atoms with van der Waals surface area (Å²) in [5, 5.41) is 0.765. The van der Waals surface area contributed by atoms with Gasteiger partial charge in [-0.05, 0) is 37.5 Å². The number of benzene rings is 1. The lowest BCUT2D eigenvalue weighted by Gasteiger charge is -2.17. The van der Waals surface area contributed by atoms with Crippen LogP contribution in [0.2, 0.25) is 5.02 Å². The van der Waals surface area contributed by atoms with E-state index in [2.05, 4.69) is 11.9 Å². The lowest BCUT2D eigenvalue weighted by Crippen LogP contribution is -2.24. The molecule has 0 bridgehead atoms. The van der Waals surface area contributed by atoms with E-state index in [4.69, 9.17) is 22.1 Å². The van der Waals surface area contributed by atoms with Crippen LogP contribution in [0.4, 0.5) is 0 Å². The molecule has 0 unspecified atom stereocenters. The molecule has 3 nitrogen and oxygen atoms in total. The molecule has 2 N–H and O–H groups in total. The fraction of sp³-hybridized carbons (Fsp3) is 0.462. The molecule has 0 saturated heterocycles. The van der Waals surface area contributed by atoms with Gasteiger partial charge >= 0.3 is 0 Å². The Morgan fingerprint density at radius 2 is 2.06 bits per heavy atom. The van der Waals surface area contributed by atoms with Gasteiger partial charge in [-0.1, -0.05) is 31.2 Å². The molecule has 1 atom stereocenters. The van der Waals surface area contributed by atoms with Gasteiger partial charge in [0, 0.05) is 5.02 Å². The molecule has 4 heteroatoms. The number of hydrogen-bond acceptors (Lipinski definition) is 3. The molecule has 1 heterocycles. The molecule has 2 rings (SSSR count). The normalized spacial score (nSPS) is 22.6. The predicted octanol–water partition coefficient (Wildman–Crippen LogP) is 3.01. The number of hydrogen-bond donors (Lipinski definition) is 1. The zero-order valence-corrected chi connectivity index (χ0v) is 10.00. The Kier molecular flexibility index (Phi) is 4.40. The van der Waals surface area contributed by atoms with E-state index in [1.54, 1.807) is 0 Å². The van der Waals surface area contributed by atoms with Gasteiger partial charge < -0.3 is 10.5 Å². The minimum Gasteiger partial charge on any atom is -0.463 e. The molecule has 0 amide bonds. The first-order chi connectivity index (χ1) is 7.57. The zero-order valence-electron chi connectivity index (χ0n) is 9.24. The summed E-state index contributed by atoms with van der Waals surface area (Å²) in [6.45, 7) is 2.63. The molecule has 1 aromatic rings. The van der Waals surface area contributed by atoms with E-state index < -0.39 is 0 Å². The minimum atomic E-state index is -0.177. The Balaban J connectivity index is 0.00000144. The van der Waals surface area contributed by atoms with Crippen LogP contribution in [0.5, 0.6) is 0 Å². The van der Waals surface area contributed by atoms with Crippen molar-refractivity contribution in [1.82, 2.24) is 0 Å². The highest BCUT2D eigenvalue weighted by Crippen LogP contribution is 2.23. The van der Waals surface area contributed by atoms with Crippen molar-refractivity contribution in [2.75, 3.05) is 6.61 Å². The average molecular weight is 255 g/mol. The summed E-state index contributed by atoms with van der Waals surface area (Å²) >= 11 is 5.83. The third kappa shape index (κ3) is 3.63.